The first-order valence-corrected chi connectivity index (χ1v) is 7.68. The molecular weight excluding hydrogens is 273 g/mol. The van der Waals surface area contributed by atoms with E-state index in [1.165, 1.54) is 28.8 Å². The fraction of sp³-hybridized carbons (Fsp3) is 0.400. The Hall–Kier alpha value is -1.46. The highest BCUT2D eigenvalue weighted by Gasteiger charge is 2.07. The van der Waals surface area contributed by atoms with Crippen LogP contribution in [0.15, 0.2) is 30.5 Å². The summed E-state index contributed by atoms with van der Waals surface area (Å²) in [5.41, 5.74) is 2.41. The molecule has 20 heavy (non-hydrogen) atoms. The number of aryl methyl sites for hydroxylation is 1. The summed E-state index contributed by atoms with van der Waals surface area (Å²) in [5, 5.41) is 6.21. The molecule has 0 saturated carbocycles. The first-order chi connectivity index (χ1) is 9.79. The van der Waals surface area contributed by atoms with Crippen LogP contribution in [0.1, 0.15) is 17.0 Å². The highest BCUT2D eigenvalue weighted by atomic mass is 32.1. The molecular formula is C15H20FN3S. The van der Waals surface area contributed by atoms with E-state index in [4.69, 9.17) is 0 Å². The zero-order valence-electron chi connectivity index (χ0n) is 11.7. The van der Waals surface area contributed by atoms with Gasteiger partial charge in [-0.05, 0) is 50.7 Å². The van der Waals surface area contributed by atoms with Gasteiger partial charge in [-0.1, -0.05) is 0 Å². The maximum atomic E-state index is 12.4. The summed E-state index contributed by atoms with van der Waals surface area (Å²) < 4.78 is 12.4. The number of nitrogens with zero attached hydrogens (tertiary/aromatic N) is 1. The van der Waals surface area contributed by atoms with Gasteiger partial charge < -0.3 is 10.6 Å². The van der Waals surface area contributed by atoms with Crippen LogP contribution >= 0.6 is 11.3 Å². The quantitative estimate of drug-likeness (QED) is 0.851. The number of pyridine rings is 1. The lowest BCUT2D eigenvalue weighted by Gasteiger charge is -1.95. The molecule has 0 aliphatic carbocycles. The molecule has 0 unspecified atom stereocenters. The van der Waals surface area contributed by atoms with E-state index in [0.717, 1.165) is 37.2 Å². The summed E-state index contributed by atoms with van der Waals surface area (Å²) in [6.07, 6.45) is 4.98. The molecule has 0 spiro atoms. The molecule has 0 bridgehead atoms. The van der Waals surface area contributed by atoms with Gasteiger partial charge in [-0.25, -0.2) is 0 Å². The second-order valence-corrected chi connectivity index (χ2v) is 5.71. The van der Waals surface area contributed by atoms with Crippen LogP contribution in [-0.4, -0.2) is 25.1 Å². The fourth-order valence-electron chi connectivity index (χ4n) is 2.04. The summed E-state index contributed by atoms with van der Waals surface area (Å²) in [7, 11) is 1.93. The van der Waals surface area contributed by atoms with Crippen molar-refractivity contribution in [2.45, 2.75) is 19.3 Å². The summed E-state index contributed by atoms with van der Waals surface area (Å²) in [5.74, 6) is 0. The molecule has 0 amide bonds. The van der Waals surface area contributed by atoms with E-state index in [0.29, 0.717) is 0 Å². The monoisotopic (exact) mass is 293 g/mol. The van der Waals surface area contributed by atoms with Crippen molar-refractivity contribution < 1.29 is 4.39 Å². The molecule has 5 heteroatoms. The van der Waals surface area contributed by atoms with Crippen LogP contribution in [0, 0.1) is 5.13 Å². The first-order valence-electron chi connectivity index (χ1n) is 6.86. The van der Waals surface area contributed by atoms with Crippen molar-refractivity contribution in [2.75, 3.05) is 25.5 Å². The number of anilines is 1. The molecule has 0 aromatic carbocycles. The minimum absolute atomic E-state index is 0.0792. The van der Waals surface area contributed by atoms with E-state index in [1.807, 2.05) is 25.4 Å². The van der Waals surface area contributed by atoms with Crippen LogP contribution in [-0.2, 0) is 12.8 Å². The highest BCUT2D eigenvalue weighted by molar-refractivity contribution is 7.10. The Bertz CT molecular complexity index is 504. The zero-order chi connectivity index (χ0) is 14.2. The zero-order valence-corrected chi connectivity index (χ0v) is 12.5. The molecule has 108 valence electrons. The molecule has 2 aromatic rings. The van der Waals surface area contributed by atoms with Gasteiger partial charge in [-0.2, -0.15) is 4.39 Å². The van der Waals surface area contributed by atoms with E-state index in [9.17, 15) is 4.39 Å². The molecule has 1 aliphatic rings. The minimum Gasteiger partial charge on any atom is -0.383 e. The van der Waals surface area contributed by atoms with Crippen molar-refractivity contribution in [3.63, 3.8) is 0 Å². The Morgan fingerprint density at radius 3 is 3.00 bits per heavy atom. The average molecular weight is 293 g/mol. The number of hydrogen-bond donors (Lipinski definition) is 2. The van der Waals surface area contributed by atoms with Gasteiger partial charge in [0, 0.05) is 24.0 Å². The summed E-state index contributed by atoms with van der Waals surface area (Å²) >= 11 is 1.24. The van der Waals surface area contributed by atoms with Crippen molar-refractivity contribution in [1.82, 2.24) is 10.3 Å². The number of nitrogens with one attached hydrogen (secondary N) is 2. The fourth-order valence-corrected chi connectivity index (χ4v) is 2.81. The Morgan fingerprint density at radius 1 is 1.40 bits per heavy atom. The van der Waals surface area contributed by atoms with Gasteiger partial charge in [0.05, 0.1) is 11.4 Å². The molecule has 2 N–H and O–H groups in total. The van der Waals surface area contributed by atoms with Gasteiger partial charge in [0.25, 0.3) is 0 Å². The Balaban J connectivity index is 0.000000149. The predicted octanol–water partition coefficient (Wildman–Crippen LogP) is 3.09. The Labute approximate surface area is 123 Å². The SMILES string of the molecule is CNCCCc1ccc(F)s1.c1cnc2c(c1)NCC2. The van der Waals surface area contributed by atoms with Crippen molar-refractivity contribution in [3.05, 3.63) is 46.2 Å². The van der Waals surface area contributed by atoms with Crippen molar-refractivity contribution >= 4 is 17.0 Å². The molecule has 0 saturated heterocycles. The number of aromatic nitrogens is 1. The van der Waals surface area contributed by atoms with Crippen LogP contribution in [0.4, 0.5) is 10.1 Å². The number of thiophene rings is 1. The first kappa shape index (κ1) is 14.9. The van der Waals surface area contributed by atoms with Crippen molar-refractivity contribution in [3.8, 4) is 0 Å². The highest BCUT2D eigenvalue weighted by Crippen LogP contribution is 2.17. The second kappa shape index (κ2) is 7.97. The normalized spacial score (nSPS) is 12.3. The molecule has 3 heterocycles. The third kappa shape index (κ3) is 4.58. The van der Waals surface area contributed by atoms with Crippen LogP contribution in [0.25, 0.3) is 0 Å². The van der Waals surface area contributed by atoms with Crippen molar-refractivity contribution in [2.24, 2.45) is 0 Å². The third-order valence-corrected chi connectivity index (χ3v) is 3.98. The van der Waals surface area contributed by atoms with E-state index in [1.54, 1.807) is 0 Å². The Morgan fingerprint density at radius 2 is 2.30 bits per heavy atom. The molecule has 0 radical (unpaired) electrons. The summed E-state index contributed by atoms with van der Waals surface area (Å²) in [4.78, 5) is 5.33. The maximum absolute atomic E-state index is 12.4. The van der Waals surface area contributed by atoms with Crippen molar-refractivity contribution in [1.29, 1.82) is 0 Å². The topological polar surface area (TPSA) is 37.0 Å². The van der Waals surface area contributed by atoms with Crippen LogP contribution in [0.3, 0.4) is 0 Å². The smallest absolute Gasteiger partial charge is 0.176 e. The number of fused-ring (bicyclic) bond motifs is 1. The van der Waals surface area contributed by atoms with Gasteiger partial charge in [-0.15, -0.1) is 11.3 Å². The largest absolute Gasteiger partial charge is 0.383 e. The molecule has 1 aliphatic heterocycles. The van der Waals surface area contributed by atoms with Gasteiger partial charge >= 0.3 is 0 Å². The van der Waals surface area contributed by atoms with Crippen LogP contribution < -0.4 is 10.6 Å². The minimum atomic E-state index is -0.0792. The van der Waals surface area contributed by atoms with Crippen LogP contribution in [0.2, 0.25) is 0 Å². The van der Waals surface area contributed by atoms with E-state index in [2.05, 4.69) is 21.7 Å². The Kier molecular flexibility index (Phi) is 5.95. The second-order valence-electron chi connectivity index (χ2n) is 4.59. The van der Waals surface area contributed by atoms with E-state index >= 15 is 0 Å². The predicted molar refractivity (Wildman–Crippen MR) is 83.0 cm³/mol. The lowest BCUT2D eigenvalue weighted by molar-refractivity contribution is 0.657. The van der Waals surface area contributed by atoms with E-state index < -0.39 is 0 Å². The summed E-state index contributed by atoms with van der Waals surface area (Å²) in [6.45, 7) is 2.05. The number of rotatable bonds is 4. The standard InChI is InChI=1S/C8H12FNS.C7H8N2/c1-10-6-2-3-7-4-5-8(9)11-7;1-2-6-7(8-4-1)3-5-9-6/h4-5,10H,2-3,6H2,1H3;1-2,4,9H,3,5H2. The number of halogens is 1. The average Bonchev–Trinajstić information content (AvgIpc) is 3.08. The lowest BCUT2D eigenvalue weighted by atomic mass is 10.3. The molecule has 2 aromatic heterocycles. The number of hydrogen-bond acceptors (Lipinski definition) is 4. The van der Waals surface area contributed by atoms with Gasteiger partial charge in [0.1, 0.15) is 0 Å². The molecule has 0 fully saturated rings. The lowest BCUT2D eigenvalue weighted by Crippen LogP contribution is -2.07. The molecule has 3 rings (SSSR count). The van der Waals surface area contributed by atoms with Crippen LogP contribution in [0.5, 0.6) is 0 Å². The third-order valence-electron chi connectivity index (χ3n) is 3.05. The molecule has 3 nitrogen and oxygen atoms in total. The maximum Gasteiger partial charge on any atom is 0.176 e. The molecule has 0 atom stereocenters. The van der Waals surface area contributed by atoms with Gasteiger partial charge in [0.15, 0.2) is 5.13 Å². The summed E-state index contributed by atoms with van der Waals surface area (Å²) in [6, 6.07) is 7.40. The van der Waals surface area contributed by atoms with Gasteiger partial charge in [-0.3, -0.25) is 4.98 Å². The van der Waals surface area contributed by atoms with E-state index in [-0.39, 0.29) is 5.13 Å². The van der Waals surface area contributed by atoms with Gasteiger partial charge in [0.2, 0.25) is 0 Å².